The summed E-state index contributed by atoms with van der Waals surface area (Å²) in [5, 5.41) is 4.73. The van der Waals surface area contributed by atoms with Crippen molar-refractivity contribution >= 4 is 17.4 Å². The maximum Gasteiger partial charge on any atom is 0.164 e. The average Bonchev–Trinajstić information content (AvgIpc) is 3.07. The molecule has 0 bridgehead atoms. The fourth-order valence-corrected chi connectivity index (χ4v) is 2.68. The first-order valence-corrected chi connectivity index (χ1v) is 6.10. The number of anilines is 1. The minimum atomic E-state index is 0.450. The highest BCUT2D eigenvalue weighted by Gasteiger charge is 2.46. The average molecular weight is 226 g/mol. The van der Waals surface area contributed by atoms with E-state index in [1.807, 2.05) is 10.9 Å². The second-order valence-corrected chi connectivity index (χ2v) is 5.32. The van der Waals surface area contributed by atoms with Crippen molar-refractivity contribution in [3.05, 3.63) is 11.2 Å². The molecule has 15 heavy (non-hydrogen) atoms. The largest absolute Gasteiger partial charge is 0.381 e. The molecule has 0 saturated heterocycles. The lowest BCUT2D eigenvalue weighted by Crippen LogP contribution is -2.01. The Kier molecular flexibility index (Phi) is 2.16. The zero-order valence-corrected chi connectivity index (χ0v) is 9.45. The van der Waals surface area contributed by atoms with Gasteiger partial charge >= 0.3 is 0 Å². The maximum atomic E-state index is 5.84. The van der Waals surface area contributed by atoms with Crippen LogP contribution < -0.4 is 5.73 Å². The molecule has 3 nitrogen and oxygen atoms in total. The second kappa shape index (κ2) is 3.41. The number of nitrogen functional groups attached to an aromatic ring is 1. The highest BCUT2D eigenvalue weighted by atomic mass is 35.5. The van der Waals surface area contributed by atoms with Gasteiger partial charge in [-0.15, -0.1) is 0 Å². The van der Waals surface area contributed by atoms with Crippen LogP contribution in [0.25, 0.3) is 0 Å². The molecule has 0 unspecified atom stereocenters. The molecule has 1 aromatic heterocycles. The molecule has 0 aromatic carbocycles. The minimum Gasteiger partial charge on any atom is -0.381 e. The van der Waals surface area contributed by atoms with Crippen LogP contribution >= 0.6 is 11.6 Å². The molecule has 0 amide bonds. The van der Waals surface area contributed by atoms with Gasteiger partial charge in [0.1, 0.15) is 5.02 Å². The number of nitrogens with zero attached hydrogens (tertiary/aromatic N) is 2. The van der Waals surface area contributed by atoms with Gasteiger partial charge in [-0.3, -0.25) is 4.68 Å². The van der Waals surface area contributed by atoms with Crippen molar-refractivity contribution < 1.29 is 0 Å². The number of aryl methyl sites for hydroxylation is 1. The quantitative estimate of drug-likeness (QED) is 0.856. The second-order valence-electron chi connectivity index (χ2n) is 4.91. The molecule has 4 heteroatoms. The van der Waals surface area contributed by atoms with Crippen LogP contribution in [0.3, 0.4) is 0 Å². The summed E-state index contributed by atoms with van der Waals surface area (Å²) < 4.78 is 1.87. The van der Waals surface area contributed by atoms with Crippen LogP contribution in [0, 0.1) is 17.8 Å². The van der Waals surface area contributed by atoms with Crippen molar-refractivity contribution in [2.45, 2.75) is 32.2 Å². The van der Waals surface area contributed by atoms with Crippen molar-refractivity contribution in [2.24, 2.45) is 17.8 Å². The van der Waals surface area contributed by atoms with Gasteiger partial charge in [0.05, 0.1) is 0 Å². The number of hydrogen-bond acceptors (Lipinski definition) is 2. The van der Waals surface area contributed by atoms with Gasteiger partial charge in [0.2, 0.25) is 0 Å². The summed E-state index contributed by atoms with van der Waals surface area (Å²) in [5.41, 5.74) is 5.58. The van der Waals surface area contributed by atoms with E-state index in [4.69, 9.17) is 17.3 Å². The normalized spacial score (nSPS) is 29.4. The molecule has 2 atom stereocenters. The number of aromatic nitrogens is 2. The van der Waals surface area contributed by atoms with Crippen LogP contribution in [0.15, 0.2) is 6.20 Å². The van der Waals surface area contributed by atoms with Gasteiger partial charge in [-0.25, -0.2) is 0 Å². The highest BCUT2D eigenvalue weighted by molar-refractivity contribution is 6.32. The van der Waals surface area contributed by atoms with Crippen molar-refractivity contribution in [1.82, 2.24) is 9.78 Å². The van der Waals surface area contributed by atoms with Crippen molar-refractivity contribution in [2.75, 3.05) is 5.73 Å². The SMILES string of the molecule is Nc1nn(CC[C@@H]2C[C@H]2C2CC2)cc1Cl. The van der Waals surface area contributed by atoms with Gasteiger partial charge in [0, 0.05) is 12.7 Å². The predicted molar refractivity (Wildman–Crippen MR) is 60.6 cm³/mol. The molecule has 2 aliphatic carbocycles. The van der Waals surface area contributed by atoms with E-state index in [0.717, 1.165) is 24.3 Å². The van der Waals surface area contributed by atoms with Crippen LogP contribution in [0.5, 0.6) is 0 Å². The molecule has 2 aliphatic rings. The molecule has 2 saturated carbocycles. The molecule has 0 radical (unpaired) electrons. The summed E-state index contributed by atoms with van der Waals surface area (Å²) in [6.45, 7) is 0.963. The summed E-state index contributed by atoms with van der Waals surface area (Å²) >= 11 is 5.84. The Morgan fingerprint density at radius 1 is 1.53 bits per heavy atom. The van der Waals surface area contributed by atoms with Gasteiger partial charge < -0.3 is 5.73 Å². The molecule has 1 heterocycles. The summed E-state index contributed by atoms with van der Waals surface area (Å²) in [7, 11) is 0. The minimum absolute atomic E-state index is 0.450. The zero-order chi connectivity index (χ0) is 10.4. The first-order chi connectivity index (χ1) is 7.24. The van der Waals surface area contributed by atoms with Crippen LogP contribution in [0.2, 0.25) is 5.02 Å². The number of hydrogen-bond donors (Lipinski definition) is 1. The first-order valence-electron chi connectivity index (χ1n) is 5.72. The fraction of sp³-hybridized carbons (Fsp3) is 0.727. The smallest absolute Gasteiger partial charge is 0.164 e. The van der Waals surface area contributed by atoms with E-state index in [0.29, 0.717) is 10.8 Å². The monoisotopic (exact) mass is 225 g/mol. The molecule has 2 fully saturated rings. The number of halogens is 1. The lowest BCUT2D eigenvalue weighted by Gasteiger charge is -2.00. The summed E-state index contributed by atoms with van der Waals surface area (Å²) in [6, 6.07) is 0. The van der Waals surface area contributed by atoms with Crippen molar-refractivity contribution in [1.29, 1.82) is 0 Å². The Bertz CT molecular complexity index is 350. The van der Waals surface area contributed by atoms with E-state index < -0.39 is 0 Å². The van der Waals surface area contributed by atoms with Crippen LogP contribution in [-0.4, -0.2) is 9.78 Å². The van der Waals surface area contributed by atoms with Crippen LogP contribution in [0.4, 0.5) is 5.82 Å². The molecule has 3 rings (SSSR count). The van der Waals surface area contributed by atoms with Gasteiger partial charge in [-0.1, -0.05) is 11.6 Å². The molecule has 0 spiro atoms. The predicted octanol–water partition coefficient (Wildman–Crippen LogP) is 2.55. The Morgan fingerprint density at radius 2 is 2.33 bits per heavy atom. The fourth-order valence-electron chi connectivity index (χ4n) is 2.53. The summed E-state index contributed by atoms with van der Waals surface area (Å²) in [5.74, 6) is 3.50. The maximum absolute atomic E-state index is 5.84. The molecule has 82 valence electrons. The molecular formula is C11H16ClN3. The van der Waals surface area contributed by atoms with E-state index in [1.54, 1.807) is 0 Å². The third-order valence-electron chi connectivity index (χ3n) is 3.68. The Hall–Kier alpha value is -0.700. The summed E-state index contributed by atoms with van der Waals surface area (Å²) in [4.78, 5) is 0. The lowest BCUT2D eigenvalue weighted by molar-refractivity contribution is 0.510. The Morgan fingerprint density at radius 3 is 2.93 bits per heavy atom. The Balaban J connectivity index is 1.49. The third-order valence-corrected chi connectivity index (χ3v) is 3.97. The van der Waals surface area contributed by atoms with E-state index in [2.05, 4.69) is 5.10 Å². The zero-order valence-electron chi connectivity index (χ0n) is 8.69. The van der Waals surface area contributed by atoms with E-state index in [9.17, 15) is 0 Å². The first kappa shape index (κ1) is 9.52. The van der Waals surface area contributed by atoms with Gasteiger partial charge in [0.15, 0.2) is 5.82 Å². The molecule has 2 N–H and O–H groups in total. The number of rotatable bonds is 4. The lowest BCUT2D eigenvalue weighted by atomic mass is 10.2. The summed E-state index contributed by atoms with van der Waals surface area (Å²) in [6.07, 6.45) is 7.45. The van der Waals surface area contributed by atoms with Gasteiger partial charge in [-0.2, -0.15) is 5.10 Å². The molecule has 0 aliphatic heterocycles. The molecule has 1 aromatic rings. The molecular weight excluding hydrogens is 210 g/mol. The van der Waals surface area contributed by atoms with Crippen molar-refractivity contribution in [3.63, 3.8) is 0 Å². The Labute approximate surface area is 94.6 Å². The topological polar surface area (TPSA) is 43.8 Å². The van der Waals surface area contributed by atoms with E-state index >= 15 is 0 Å². The van der Waals surface area contributed by atoms with Gasteiger partial charge in [0.25, 0.3) is 0 Å². The van der Waals surface area contributed by atoms with Crippen LogP contribution in [-0.2, 0) is 6.54 Å². The number of nitrogens with two attached hydrogens (primary N) is 1. The third kappa shape index (κ3) is 1.98. The van der Waals surface area contributed by atoms with Gasteiger partial charge in [-0.05, 0) is 43.4 Å². The van der Waals surface area contributed by atoms with E-state index in [-0.39, 0.29) is 0 Å². The van der Waals surface area contributed by atoms with Crippen molar-refractivity contribution in [3.8, 4) is 0 Å². The highest BCUT2D eigenvalue weighted by Crippen LogP contribution is 2.55. The van der Waals surface area contributed by atoms with Crippen LogP contribution in [0.1, 0.15) is 25.7 Å². The standard InChI is InChI=1S/C11H16ClN3/c12-10-6-15(14-11(10)13)4-3-8-5-9(8)7-1-2-7/h6-9H,1-5H2,(H2,13,14)/t8-,9+/m1/s1. The van der Waals surface area contributed by atoms with E-state index in [1.165, 1.54) is 25.7 Å².